The molecule has 1 aromatic carbocycles. The minimum absolute atomic E-state index is 0.113. The van der Waals surface area contributed by atoms with Gasteiger partial charge >= 0.3 is 0 Å². The van der Waals surface area contributed by atoms with Gasteiger partial charge in [-0.2, -0.15) is 5.26 Å². The lowest BCUT2D eigenvalue weighted by molar-refractivity contribution is 0.603. The molecular formula is C14H10BrNO2S2. The zero-order chi connectivity index (χ0) is 14.8. The van der Waals surface area contributed by atoms with Crippen LogP contribution in [0.15, 0.2) is 50.7 Å². The quantitative estimate of drug-likeness (QED) is 0.765. The predicted molar refractivity (Wildman–Crippen MR) is 84.0 cm³/mol. The Labute approximate surface area is 130 Å². The van der Waals surface area contributed by atoms with Crippen molar-refractivity contribution >= 4 is 43.2 Å². The molecule has 20 heavy (non-hydrogen) atoms. The van der Waals surface area contributed by atoms with Crippen molar-refractivity contribution in [2.45, 2.75) is 11.8 Å². The van der Waals surface area contributed by atoms with E-state index in [0.29, 0.717) is 0 Å². The van der Waals surface area contributed by atoms with Gasteiger partial charge in [0.15, 0.2) is 4.91 Å². The number of hydrogen-bond donors (Lipinski definition) is 0. The molecule has 6 heteroatoms. The van der Waals surface area contributed by atoms with Crippen LogP contribution in [-0.2, 0) is 9.84 Å². The van der Waals surface area contributed by atoms with Crippen LogP contribution in [0.4, 0.5) is 0 Å². The van der Waals surface area contributed by atoms with E-state index in [1.54, 1.807) is 24.3 Å². The first-order valence-corrected chi connectivity index (χ1v) is 8.71. The Morgan fingerprint density at radius 3 is 2.40 bits per heavy atom. The van der Waals surface area contributed by atoms with Crippen LogP contribution in [0.25, 0.3) is 6.08 Å². The third-order valence-corrected chi connectivity index (χ3v) is 5.72. The van der Waals surface area contributed by atoms with Gasteiger partial charge < -0.3 is 0 Å². The van der Waals surface area contributed by atoms with E-state index in [-0.39, 0.29) is 9.80 Å². The fourth-order valence-electron chi connectivity index (χ4n) is 1.57. The zero-order valence-electron chi connectivity index (χ0n) is 10.5. The summed E-state index contributed by atoms with van der Waals surface area (Å²) < 4.78 is 25.6. The third-order valence-electron chi connectivity index (χ3n) is 2.56. The highest BCUT2D eigenvalue weighted by atomic mass is 79.9. The van der Waals surface area contributed by atoms with E-state index in [9.17, 15) is 8.42 Å². The van der Waals surface area contributed by atoms with E-state index in [2.05, 4.69) is 15.9 Å². The molecule has 1 aromatic heterocycles. The van der Waals surface area contributed by atoms with Gasteiger partial charge in [-0.05, 0) is 49.4 Å². The molecular weight excluding hydrogens is 358 g/mol. The van der Waals surface area contributed by atoms with Gasteiger partial charge in [0, 0.05) is 14.2 Å². The summed E-state index contributed by atoms with van der Waals surface area (Å²) in [5, 5.41) is 9.14. The molecule has 0 saturated heterocycles. The van der Waals surface area contributed by atoms with E-state index >= 15 is 0 Å². The highest BCUT2D eigenvalue weighted by Gasteiger charge is 2.20. The summed E-state index contributed by atoms with van der Waals surface area (Å²) in [4.78, 5) is 1.68. The van der Waals surface area contributed by atoms with Gasteiger partial charge in [-0.1, -0.05) is 15.9 Å². The number of allylic oxidation sites excluding steroid dienone is 1. The van der Waals surface area contributed by atoms with Gasteiger partial charge in [0.05, 0.1) is 4.90 Å². The molecule has 0 N–H and O–H groups in total. The number of hydrogen-bond acceptors (Lipinski definition) is 4. The Morgan fingerprint density at radius 2 is 1.90 bits per heavy atom. The molecule has 0 atom stereocenters. The Hall–Kier alpha value is -1.42. The summed E-state index contributed by atoms with van der Waals surface area (Å²) in [6.45, 7) is 1.93. The van der Waals surface area contributed by atoms with Crippen LogP contribution in [0.3, 0.4) is 0 Å². The smallest absolute Gasteiger partial charge is 0.216 e. The normalized spacial score (nSPS) is 12.2. The summed E-state index contributed by atoms with van der Waals surface area (Å²) in [6.07, 6.45) is 1.41. The molecule has 0 bridgehead atoms. The summed E-state index contributed by atoms with van der Waals surface area (Å²) in [7, 11) is -3.77. The van der Waals surface area contributed by atoms with E-state index < -0.39 is 9.84 Å². The summed E-state index contributed by atoms with van der Waals surface area (Å²) >= 11 is 4.70. The van der Waals surface area contributed by atoms with Crippen LogP contribution < -0.4 is 0 Å². The lowest BCUT2D eigenvalue weighted by Gasteiger charge is -2.02. The van der Waals surface area contributed by atoms with Gasteiger partial charge in [0.25, 0.3) is 0 Å². The number of nitrogens with zero attached hydrogens (tertiary/aromatic N) is 1. The first-order chi connectivity index (χ1) is 9.43. The molecule has 0 aliphatic carbocycles. The molecule has 0 saturated carbocycles. The maximum Gasteiger partial charge on any atom is 0.216 e. The maximum absolute atomic E-state index is 12.4. The van der Waals surface area contributed by atoms with Crippen molar-refractivity contribution in [3.8, 4) is 6.07 Å². The van der Waals surface area contributed by atoms with Gasteiger partial charge in [-0.25, -0.2) is 8.42 Å². The van der Waals surface area contributed by atoms with Crippen LogP contribution in [0.5, 0.6) is 0 Å². The molecule has 1 heterocycles. The average Bonchev–Trinajstić information content (AvgIpc) is 2.82. The van der Waals surface area contributed by atoms with Crippen LogP contribution >= 0.6 is 27.3 Å². The number of halogens is 1. The predicted octanol–water partition coefficient (Wildman–Crippen LogP) is 4.16. The Bertz CT molecular complexity index is 796. The number of benzene rings is 1. The van der Waals surface area contributed by atoms with Crippen molar-refractivity contribution in [3.05, 3.63) is 55.5 Å². The lowest BCUT2D eigenvalue weighted by Crippen LogP contribution is -2.03. The minimum Gasteiger partial charge on any atom is -0.218 e. The molecule has 0 aliphatic rings. The van der Waals surface area contributed by atoms with E-state index in [1.165, 1.54) is 29.5 Å². The van der Waals surface area contributed by atoms with Crippen LogP contribution in [0, 0.1) is 18.3 Å². The van der Waals surface area contributed by atoms with Gasteiger partial charge in [0.2, 0.25) is 9.84 Å². The third kappa shape index (κ3) is 3.18. The van der Waals surface area contributed by atoms with Crippen molar-refractivity contribution < 1.29 is 8.42 Å². The van der Waals surface area contributed by atoms with Gasteiger partial charge in [0.1, 0.15) is 6.07 Å². The van der Waals surface area contributed by atoms with Crippen LogP contribution in [0.1, 0.15) is 9.75 Å². The molecule has 0 unspecified atom stereocenters. The van der Waals surface area contributed by atoms with Crippen molar-refractivity contribution in [2.75, 3.05) is 0 Å². The Balaban J connectivity index is 2.48. The summed E-state index contributed by atoms with van der Waals surface area (Å²) in [5.74, 6) is 0. The fourth-order valence-corrected chi connectivity index (χ4v) is 3.88. The standard InChI is InChI=1S/C14H10BrNO2S2/c1-10-2-5-12(19-10)8-14(9-16)20(17,18)13-6-3-11(15)4-7-13/h2-8H,1H3/b14-8+. The lowest BCUT2D eigenvalue weighted by atomic mass is 10.4. The first kappa shape index (κ1) is 15.0. The number of thiophene rings is 1. The van der Waals surface area contributed by atoms with Crippen LogP contribution in [0.2, 0.25) is 0 Å². The number of rotatable bonds is 3. The van der Waals surface area contributed by atoms with Gasteiger partial charge in [-0.15, -0.1) is 11.3 Å². The van der Waals surface area contributed by atoms with Crippen molar-refractivity contribution in [1.29, 1.82) is 5.26 Å². The second kappa shape index (κ2) is 5.92. The average molecular weight is 368 g/mol. The zero-order valence-corrected chi connectivity index (χ0v) is 13.7. The van der Waals surface area contributed by atoms with E-state index in [0.717, 1.165) is 14.2 Å². The van der Waals surface area contributed by atoms with E-state index in [1.807, 2.05) is 13.0 Å². The highest BCUT2D eigenvalue weighted by molar-refractivity contribution is 9.10. The maximum atomic E-state index is 12.4. The van der Waals surface area contributed by atoms with Gasteiger partial charge in [-0.3, -0.25) is 0 Å². The second-order valence-corrected chi connectivity index (χ2v) is 8.18. The van der Waals surface area contributed by atoms with Crippen molar-refractivity contribution in [2.24, 2.45) is 0 Å². The highest BCUT2D eigenvalue weighted by Crippen LogP contribution is 2.25. The fraction of sp³-hybridized carbons (Fsp3) is 0.0714. The topological polar surface area (TPSA) is 57.9 Å². The molecule has 0 spiro atoms. The molecule has 0 fully saturated rings. The van der Waals surface area contributed by atoms with Crippen molar-refractivity contribution in [1.82, 2.24) is 0 Å². The molecule has 0 radical (unpaired) electrons. The minimum atomic E-state index is -3.77. The number of nitriles is 1. The second-order valence-electron chi connectivity index (χ2n) is 4.03. The molecule has 2 rings (SSSR count). The molecule has 0 amide bonds. The monoisotopic (exact) mass is 367 g/mol. The number of aryl methyl sites for hydroxylation is 1. The molecule has 2 aromatic rings. The largest absolute Gasteiger partial charge is 0.218 e. The Morgan fingerprint density at radius 1 is 1.25 bits per heavy atom. The van der Waals surface area contributed by atoms with Crippen LogP contribution in [-0.4, -0.2) is 8.42 Å². The molecule has 102 valence electrons. The molecule has 3 nitrogen and oxygen atoms in total. The van der Waals surface area contributed by atoms with Crippen molar-refractivity contribution in [3.63, 3.8) is 0 Å². The first-order valence-electron chi connectivity index (χ1n) is 5.62. The Kier molecular flexibility index (Phi) is 4.43. The molecule has 0 aliphatic heterocycles. The van der Waals surface area contributed by atoms with E-state index in [4.69, 9.17) is 5.26 Å². The number of sulfone groups is 1. The SMILES string of the molecule is Cc1ccc(/C=C(\C#N)S(=O)(=O)c2ccc(Br)cc2)s1. The summed E-state index contributed by atoms with van der Waals surface area (Å²) in [5.41, 5.74) is 0. The summed E-state index contributed by atoms with van der Waals surface area (Å²) in [6, 6.07) is 11.7.